The van der Waals surface area contributed by atoms with Gasteiger partial charge in [-0.05, 0) is 43.6 Å². The molecule has 0 fully saturated rings. The summed E-state index contributed by atoms with van der Waals surface area (Å²) in [6.45, 7) is 11.6. The summed E-state index contributed by atoms with van der Waals surface area (Å²) in [6.07, 6.45) is 15.5. The second-order valence-electron chi connectivity index (χ2n) is 10.2. The van der Waals surface area contributed by atoms with Gasteiger partial charge >= 0.3 is 5.97 Å². The Labute approximate surface area is 217 Å². The van der Waals surface area contributed by atoms with Crippen LogP contribution in [0.15, 0.2) is 23.9 Å². The summed E-state index contributed by atoms with van der Waals surface area (Å²) in [5.74, 6) is 3.04. The van der Waals surface area contributed by atoms with Gasteiger partial charge in [0.1, 0.15) is 11.2 Å². The van der Waals surface area contributed by atoms with Crippen molar-refractivity contribution in [3.63, 3.8) is 0 Å². The van der Waals surface area contributed by atoms with E-state index in [9.17, 15) is 9.90 Å². The highest BCUT2D eigenvalue weighted by molar-refractivity contribution is 7.99. The van der Waals surface area contributed by atoms with Gasteiger partial charge in [-0.1, -0.05) is 95.9 Å². The molecular weight excluding hydrogens is 466 g/mol. The minimum absolute atomic E-state index is 0.238. The first-order valence-electron chi connectivity index (χ1n) is 12.9. The van der Waals surface area contributed by atoms with E-state index < -0.39 is 12.0 Å². The van der Waals surface area contributed by atoms with Crippen molar-refractivity contribution in [1.29, 1.82) is 0 Å². The molecule has 5 nitrogen and oxygen atoms in total. The highest BCUT2D eigenvalue weighted by Gasteiger charge is 2.18. The number of hydrogen-bond donors (Lipinski definition) is 2. The van der Waals surface area contributed by atoms with Crippen LogP contribution in [0.2, 0.25) is 5.15 Å². The van der Waals surface area contributed by atoms with Gasteiger partial charge in [0, 0.05) is 17.7 Å². The van der Waals surface area contributed by atoms with Crippen molar-refractivity contribution >= 4 is 35.3 Å². The third-order valence-electron chi connectivity index (χ3n) is 6.20. The van der Waals surface area contributed by atoms with Gasteiger partial charge in [0.05, 0.1) is 0 Å². The maximum absolute atomic E-state index is 11.5. The van der Waals surface area contributed by atoms with Gasteiger partial charge in [-0.15, -0.1) is 0 Å². The first kappa shape index (κ1) is 30.8. The van der Waals surface area contributed by atoms with Crippen molar-refractivity contribution in [1.82, 2.24) is 9.97 Å². The normalized spacial score (nSPS) is 14.7. The number of halogens is 1. The molecule has 0 amide bonds. The van der Waals surface area contributed by atoms with Crippen LogP contribution >= 0.6 is 23.4 Å². The molecule has 0 radical (unpaired) electrons. The lowest BCUT2D eigenvalue weighted by molar-refractivity contribution is -0.137. The smallest absolute Gasteiger partial charge is 0.327 e. The van der Waals surface area contributed by atoms with Gasteiger partial charge in [-0.25, -0.2) is 14.8 Å². The largest absolute Gasteiger partial charge is 0.480 e. The van der Waals surface area contributed by atoms with Crippen LogP contribution in [-0.2, 0) is 4.79 Å². The molecule has 3 atom stereocenters. The van der Waals surface area contributed by atoms with Gasteiger partial charge in [0.2, 0.25) is 5.95 Å². The maximum atomic E-state index is 11.5. The topological polar surface area (TPSA) is 75.1 Å². The van der Waals surface area contributed by atoms with Crippen LogP contribution in [0.5, 0.6) is 0 Å². The van der Waals surface area contributed by atoms with Crippen LogP contribution in [0, 0.1) is 17.8 Å². The van der Waals surface area contributed by atoms with Gasteiger partial charge in [0.15, 0.2) is 0 Å². The zero-order valence-electron chi connectivity index (χ0n) is 21.9. The summed E-state index contributed by atoms with van der Waals surface area (Å²) in [5, 5.41) is 12.6. The minimum atomic E-state index is -0.921. The Balaban J connectivity index is 2.17. The summed E-state index contributed by atoms with van der Waals surface area (Å²) in [5.41, 5.74) is 1.39. The van der Waals surface area contributed by atoms with E-state index in [-0.39, 0.29) is 11.1 Å². The molecular formula is C27H46ClN3O2S. The van der Waals surface area contributed by atoms with Crippen LogP contribution in [-0.4, -0.2) is 38.6 Å². The van der Waals surface area contributed by atoms with Crippen LogP contribution in [0.25, 0.3) is 0 Å². The number of thioether (sulfide) groups is 1. The number of aliphatic carboxylic acids is 1. The number of aromatic nitrogens is 2. The number of allylic oxidation sites excluding steroid dienone is 1. The summed E-state index contributed by atoms with van der Waals surface area (Å²) in [6, 6.07) is 0.804. The molecule has 0 saturated heterocycles. The highest BCUT2D eigenvalue weighted by Crippen LogP contribution is 2.22. The van der Waals surface area contributed by atoms with E-state index in [2.05, 4.69) is 56.0 Å². The first-order valence-corrected chi connectivity index (χ1v) is 14.4. The van der Waals surface area contributed by atoms with Crippen molar-refractivity contribution < 1.29 is 9.90 Å². The van der Waals surface area contributed by atoms with E-state index in [0.29, 0.717) is 5.75 Å². The molecule has 194 valence electrons. The average Bonchev–Trinajstić information content (AvgIpc) is 2.75. The SMILES string of the molecule is C/C(=C\CSCC(Nc1nccc(Cl)n1)C(=O)O)CCCC(C)CCCC(C)CCCC(C)C. The molecule has 0 aliphatic heterocycles. The van der Waals surface area contributed by atoms with Gasteiger partial charge in [-0.2, -0.15) is 11.8 Å². The molecule has 0 aromatic carbocycles. The van der Waals surface area contributed by atoms with E-state index in [1.807, 2.05) is 0 Å². The number of carboxylic acid groups (broad SMARTS) is 1. The Morgan fingerprint density at radius 3 is 2.29 bits per heavy atom. The predicted octanol–water partition coefficient (Wildman–Crippen LogP) is 8.11. The van der Waals surface area contributed by atoms with Crippen molar-refractivity contribution in [2.75, 3.05) is 16.8 Å². The van der Waals surface area contributed by atoms with E-state index in [1.165, 1.54) is 63.1 Å². The van der Waals surface area contributed by atoms with Crippen molar-refractivity contribution in [2.45, 2.75) is 98.4 Å². The molecule has 2 N–H and O–H groups in total. The fourth-order valence-corrected chi connectivity index (χ4v) is 5.07. The summed E-state index contributed by atoms with van der Waals surface area (Å²) < 4.78 is 0. The van der Waals surface area contributed by atoms with Crippen LogP contribution in [0.3, 0.4) is 0 Å². The average molecular weight is 512 g/mol. The van der Waals surface area contributed by atoms with E-state index in [4.69, 9.17) is 11.6 Å². The monoisotopic (exact) mass is 511 g/mol. The highest BCUT2D eigenvalue weighted by atomic mass is 35.5. The van der Waals surface area contributed by atoms with Gasteiger partial charge < -0.3 is 10.4 Å². The zero-order chi connectivity index (χ0) is 25.3. The number of rotatable bonds is 19. The molecule has 0 bridgehead atoms. The zero-order valence-corrected chi connectivity index (χ0v) is 23.4. The minimum Gasteiger partial charge on any atom is -0.480 e. The number of hydrogen-bond acceptors (Lipinski definition) is 5. The molecule has 1 aromatic rings. The molecule has 0 spiro atoms. The van der Waals surface area contributed by atoms with Gasteiger partial charge in [0.25, 0.3) is 0 Å². The van der Waals surface area contributed by atoms with Crippen LogP contribution in [0.4, 0.5) is 5.95 Å². The molecule has 0 saturated carbocycles. The Kier molecular flexibility index (Phi) is 16.3. The fraction of sp³-hybridized carbons (Fsp3) is 0.741. The number of nitrogens with one attached hydrogen (secondary N) is 1. The maximum Gasteiger partial charge on any atom is 0.327 e. The Bertz CT molecular complexity index is 730. The van der Waals surface area contributed by atoms with Crippen LogP contribution < -0.4 is 5.32 Å². The number of carboxylic acids is 1. The molecule has 1 aromatic heterocycles. The summed E-state index contributed by atoms with van der Waals surface area (Å²) >= 11 is 7.44. The number of anilines is 1. The Hall–Kier alpha value is -1.27. The molecule has 0 aliphatic carbocycles. The van der Waals surface area contributed by atoms with E-state index >= 15 is 0 Å². The third kappa shape index (κ3) is 15.6. The molecule has 1 heterocycles. The van der Waals surface area contributed by atoms with E-state index in [1.54, 1.807) is 17.8 Å². The summed E-state index contributed by atoms with van der Waals surface area (Å²) in [4.78, 5) is 19.5. The fourth-order valence-electron chi connectivity index (χ4n) is 3.93. The lowest BCUT2D eigenvalue weighted by Crippen LogP contribution is -2.32. The van der Waals surface area contributed by atoms with Crippen molar-refractivity contribution in [2.24, 2.45) is 17.8 Å². The predicted molar refractivity (Wildman–Crippen MR) is 148 cm³/mol. The quantitative estimate of drug-likeness (QED) is 0.111. The second-order valence-corrected chi connectivity index (χ2v) is 11.6. The number of carbonyl (C=O) groups is 1. The van der Waals surface area contributed by atoms with Crippen LogP contribution in [0.1, 0.15) is 92.4 Å². The molecule has 0 aliphatic rings. The summed E-state index contributed by atoms with van der Waals surface area (Å²) in [7, 11) is 0. The number of nitrogens with zero attached hydrogens (tertiary/aromatic N) is 2. The molecule has 34 heavy (non-hydrogen) atoms. The third-order valence-corrected chi connectivity index (χ3v) is 7.38. The Morgan fingerprint density at radius 1 is 1.09 bits per heavy atom. The molecule has 3 unspecified atom stereocenters. The molecule has 7 heteroatoms. The van der Waals surface area contributed by atoms with Crippen molar-refractivity contribution in [3.8, 4) is 0 Å². The standard InChI is InChI=1S/C27H46ClN3O2S/c1-20(2)9-6-10-21(3)11-7-12-22(4)13-8-14-23(5)16-18-34-19-24(26(32)33)30-27-29-17-15-25(28)31-27/h15-17,20-22,24H,6-14,18-19H2,1-5H3,(H,32,33)(H,29,30,31)/b23-16+. The lowest BCUT2D eigenvalue weighted by atomic mass is 9.91. The van der Waals surface area contributed by atoms with Crippen molar-refractivity contribution in [3.05, 3.63) is 29.1 Å². The van der Waals surface area contributed by atoms with E-state index in [0.717, 1.165) is 29.9 Å². The molecule has 1 rings (SSSR count). The lowest BCUT2D eigenvalue weighted by Gasteiger charge is -2.15. The Morgan fingerprint density at radius 2 is 1.71 bits per heavy atom. The van der Waals surface area contributed by atoms with Gasteiger partial charge in [-0.3, -0.25) is 0 Å². The first-order chi connectivity index (χ1) is 16.2. The second kappa shape index (κ2) is 18.1.